The molecule has 2 fully saturated rings. The minimum absolute atomic E-state index is 0.0187. The number of carboxylic acid groups (broad SMARTS) is 1. The molecule has 0 aliphatic carbocycles. The quantitative estimate of drug-likeness (QED) is 0.888. The average Bonchev–Trinajstić information content (AvgIpc) is 3.05. The fourth-order valence-electron chi connectivity index (χ4n) is 3.82. The fraction of sp³-hybridized carbons (Fsp3) is 0.500. The van der Waals surface area contributed by atoms with Crippen molar-refractivity contribution in [2.24, 2.45) is 0 Å². The highest BCUT2D eigenvalue weighted by Gasteiger charge is 2.36. The van der Waals surface area contributed by atoms with E-state index in [4.69, 9.17) is 5.11 Å². The topological polar surface area (TPSA) is 74.5 Å². The van der Waals surface area contributed by atoms with Gasteiger partial charge in [-0.25, -0.2) is 9.48 Å². The maximum absolute atomic E-state index is 10.9. The summed E-state index contributed by atoms with van der Waals surface area (Å²) in [7, 11) is 0. The van der Waals surface area contributed by atoms with Gasteiger partial charge in [0.25, 0.3) is 0 Å². The van der Waals surface area contributed by atoms with Gasteiger partial charge in [0.15, 0.2) is 5.69 Å². The number of aromatic carboxylic acids is 1. The van der Waals surface area contributed by atoms with E-state index in [1.807, 2.05) is 0 Å². The van der Waals surface area contributed by atoms with Crippen LogP contribution in [0.5, 0.6) is 0 Å². The Morgan fingerprint density at radius 1 is 1.16 bits per heavy atom. The summed E-state index contributed by atoms with van der Waals surface area (Å²) in [6.45, 7) is 5.12. The Balaban J connectivity index is 1.30. The maximum Gasteiger partial charge on any atom is 0.358 e. The van der Waals surface area contributed by atoms with Gasteiger partial charge in [-0.15, -0.1) is 5.10 Å². The second-order valence-corrected chi connectivity index (χ2v) is 7.01. The van der Waals surface area contributed by atoms with E-state index in [0.717, 1.165) is 32.7 Å². The molecule has 1 atom stereocenters. The first-order valence-electron chi connectivity index (χ1n) is 8.84. The molecule has 132 valence electrons. The average molecular weight is 341 g/mol. The molecule has 1 aromatic carbocycles. The fourth-order valence-corrected chi connectivity index (χ4v) is 3.82. The summed E-state index contributed by atoms with van der Waals surface area (Å²) < 4.78 is 1.70. The van der Waals surface area contributed by atoms with E-state index >= 15 is 0 Å². The molecule has 1 aromatic heterocycles. The molecule has 2 aromatic rings. The maximum atomic E-state index is 10.9. The van der Waals surface area contributed by atoms with E-state index in [0.29, 0.717) is 6.04 Å². The molecular weight excluding hydrogens is 318 g/mol. The Morgan fingerprint density at radius 2 is 1.96 bits per heavy atom. The van der Waals surface area contributed by atoms with Gasteiger partial charge in [-0.05, 0) is 24.9 Å². The van der Waals surface area contributed by atoms with E-state index in [9.17, 15) is 4.79 Å². The molecule has 1 unspecified atom stereocenters. The first-order chi connectivity index (χ1) is 12.2. The normalized spacial score (nSPS) is 22.6. The van der Waals surface area contributed by atoms with Crippen molar-refractivity contribution in [3.63, 3.8) is 0 Å². The molecule has 7 heteroatoms. The zero-order valence-corrected chi connectivity index (χ0v) is 14.2. The Bertz CT molecular complexity index is 726. The lowest BCUT2D eigenvalue weighted by Crippen LogP contribution is -2.57. The van der Waals surface area contributed by atoms with E-state index in [2.05, 4.69) is 50.4 Å². The van der Waals surface area contributed by atoms with Gasteiger partial charge in [-0.2, -0.15) is 0 Å². The van der Waals surface area contributed by atoms with Crippen LogP contribution in [0.1, 0.15) is 34.9 Å². The highest BCUT2D eigenvalue weighted by Crippen LogP contribution is 2.27. The van der Waals surface area contributed by atoms with Crippen molar-refractivity contribution in [2.75, 3.05) is 26.2 Å². The van der Waals surface area contributed by atoms with E-state index in [1.54, 1.807) is 4.68 Å². The van der Waals surface area contributed by atoms with Crippen molar-refractivity contribution >= 4 is 5.97 Å². The van der Waals surface area contributed by atoms with Crippen LogP contribution in [0.15, 0.2) is 36.5 Å². The first-order valence-corrected chi connectivity index (χ1v) is 8.84. The van der Waals surface area contributed by atoms with Gasteiger partial charge in [0.2, 0.25) is 0 Å². The monoisotopic (exact) mass is 341 g/mol. The number of benzene rings is 1. The summed E-state index contributed by atoms with van der Waals surface area (Å²) in [5, 5.41) is 16.6. The third kappa shape index (κ3) is 3.57. The van der Waals surface area contributed by atoms with Gasteiger partial charge in [-0.3, -0.25) is 9.80 Å². The summed E-state index contributed by atoms with van der Waals surface area (Å²) in [6.07, 6.45) is 3.99. The van der Waals surface area contributed by atoms with Crippen molar-refractivity contribution in [2.45, 2.75) is 31.5 Å². The molecule has 0 bridgehead atoms. The Hall–Kier alpha value is -2.25. The summed E-state index contributed by atoms with van der Waals surface area (Å²) in [4.78, 5) is 15.9. The van der Waals surface area contributed by atoms with Crippen LogP contribution in [-0.4, -0.2) is 68.1 Å². The van der Waals surface area contributed by atoms with Gasteiger partial charge in [-0.1, -0.05) is 35.5 Å². The van der Waals surface area contributed by atoms with Crippen LogP contribution in [-0.2, 0) is 6.54 Å². The number of likely N-dealkylation sites (tertiary alicyclic amines) is 2. The van der Waals surface area contributed by atoms with Crippen molar-refractivity contribution in [1.29, 1.82) is 0 Å². The third-order valence-electron chi connectivity index (χ3n) is 5.24. The van der Waals surface area contributed by atoms with Crippen molar-refractivity contribution < 1.29 is 9.90 Å². The number of carbonyl (C=O) groups is 1. The number of hydrogen-bond acceptors (Lipinski definition) is 5. The van der Waals surface area contributed by atoms with Crippen LogP contribution in [0.3, 0.4) is 0 Å². The molecule has 0 saturated carbocycles. The number of carboxylic acids is 1. The number of piperidine rings is 1. The molecular formula is C18H23N5O2. The smallest absolute Gasteiger partial charge is 0.358 e. The molecule has 0 amide bonds. The second kappa shape index (κ2) is 6.93. The predicted octanol–water partition coefficient (Wildman–Crippen LogP) is 1.50. The van der Waals surface area contributed by atoms with Gasteiger partial charge in [0, 0.05) is 32.2 Å². The molecule has 2 aliphatic heterocycles. The third-order valence-corrected chi connectivity index (χ3v) is 5.24. The Labute approximate surface area is 146 Å². The first kappa shape index (κ1) is 16.2. The summed E-state index contributed by atoms with van der Waals surface area (Å²) >= 11 is 0. The summed E-state index contributed by atoms with van der Waals surface area (Å²) in [5.74, 6) is -1.02. The van der Waals surface area contributed by atoms with Crippen LogP contribution in [0.25, 0.3) is 0 Å². The van der Waals surface area contributed by atoms with E-state index in [-0.39, 0.29) is 11.7 Å². The van der Waals surface area contributed by atoms with Crippen molar-refractivity contribution in [3.05, 3.63) is 47.8 Å². The lowest BCUT2D eigenvalue weighted by molar-refractivity contribution is 0.0119. The predicted molar refractivity (Wildman–Crippen MR) is 92.3 cm³/mol. The van der Waals surface area contributed by atoms with Gasteiger partial charge < -0.3 is 5.11 Å². The number of rotatable bonds is 5. The molecule has 1 N–H and O–H groups in total. The number of hydrogen-bond donors (Lipinski definition) is 1. The molecule has 4 rings (SSSR count). The molecule has 7 nitrogen and oxygen atoms in total. The van der Waals surface area contributed by atoms with E-state index in [1.165, 1.54) is 24.6 Å². The highest BCUT2D eigenvalue weighted by molar-refractivity contribution is 5.84. The van der Waals surface area contributed by atoms with Crippen LogP contribution in [0, 0.1) is 0 Å². The number of nitrogens with zero attached hydrogens (tertiary/aromatic N) is 5. The Kier molecular flexibility index (Phi) is 4.50. The molecule has 0 radical (unpaired) electrons. The van der Waals surface area contributed by atoms with Gasteiger partial charge in [0.05, 0.1) is 12.2 Å². The molecule has 2 saturated heterocycles. The van der Waals surface area contributed by atoms with Crippen molar-refractivity contribution in [1.82, 2.24) is 24.8 Å². The van der Waals surface area contributed by atoms with E-state index < -0.39 is 5.97 Å². The van der Waals surface area contributed by atoms with Crippen LogP contribution in [0.4, 0.5) is 0 Å². The van der Waals surface area contributed by atoms with Gasteiger partial charge >= 0.3 is 5.97 Å². The summed E-state index contributed by atoms with van der Waals surface area (Å²) in [6, 6.07) is 11.5. The molecule has 2 aliphatic rings. The highest BCUT2D eigenvalue weighted by atomic mass is 16.4. The minimum atomic E-state index is -1.02. The van der Waals surface area contributed by atoms with Crippen molar-refractivity contribution in [3.8, 4) is 0 Å². The zero-order valence-electron chi connectivity index (χ0n) is 14.2. The molecule has 0 spiro atoms. The van der Waals surface area contributed by atoms with Crippen LogP contribution >= 0.6 is 0 Å². The standard InChI is InChI=1S/C18H23N5O2/c24-18(25)17-13-23(20-19-17)16-11-22(12-16)15-7-4-8-21(10-15)9-14-5-2-1-3-6-14/h1-3,5-6,13,15-16H,4,7-12H2,(H,24,25). The lowest BCUT2D eigenvalue weighted by Gasteiger charge is -2.47. The SMILES string of the molecule is O=C(O)c1cn(C2CN(C3CCCN(Cc4ccccc4)C3)C2)nn1. The Morgan fingerprint density at radius 3 is 2.68 bits per heavy atom. The zero-order chi connectivity index (χ0) is 17.2. The van der Waals surface area contributed by atoms with Gasteiger partial charge in [0.1, 0.15) is 0 Å². The lowest BCUT2D eigenvalue weighted by atomic mass is 9.98. The summed E-state index contributed by atoms with van der Waals surface area (Å²) in [5.41, 5.74) is 1.39. The van der Waals surface area contributed by atoms with Crippen LogP contribution < -0.4 is 0 Å². The molecule has 25 heavy (non-hydrogen) atoms. The molecule has 3 heterocycles. The number of aromatic nitrogens is 3. The van der Waals surface area contributed by atoms with Crippen LogP contribution in [0.2, 0.25) is 0 Å². The second-order valence-electron chi connectivity index (χ2n) is 7.01. The largest absolute Gasteiger partial charge is 0.476 e. The minimum Gasteiger partial charge on any atom is -0.476 e.